The molecule has 0 saturated carbocycles. The molecule has 0 aliphatic rings. The second kappa shape index (κ2) is 6.84. The number of nitrogens with zero attached hydrogens (tertiary/aromatic N) is 2. The number of hydrogen-bond donors (Lipinski definition) is 2. The molecule has 5 nitrogen and oxygen atoms in total. The molecule has 2 rings (SSSR count). The highest BCUT2D eigenvalue weighted by Crippen LogP contribution is 2.13. The van der Waals surface area contributed by atoms with Crippen LogP contribution in [0.1, 0.15) is 29.4 Å². The van der Waals surface area contributed by atoms with Crippen LogP contribution in [0.3, 0.4) is 0 Å². The molecule has 0 atom stereocenters. The van der Waals surface area contributed by atoms with Gasteiger partial charge in [0, 0.05) is 24.3 Å². The molecule has 0 aliphatic carbocycles. The summed E-state index contributed by atoms with van der Waals surface area (Å²) in [6, 6.07) is 1.81. The SMILES string of the molecule is CCCNc1ccncc1C(=O)NCc1cscn1. The van der Waals surface area contributed by atoms with E-state index in [9.17, 15) is 4.79 Å². The highest BCUT2D eigenvalue weighted by Gasteiger charge is 2.11. The van der Waals surface area contributed by atoms with Crippen LogP contribution in [0, 0.1) is 0 Å². The Morgan fingerprint density at radius 2 is 2.37 bits per heavy atom. The number of hydrogen-bond acceptors (Lipinski definition) is 5. The van der Waals surface area contributed by atoms with E-state index in [0.717, 1.165) is 24.3 Å². The standard InChI is InChI=1S/C13H16N4OS/c1-2-4-15-12-3-5-14-7-11(12)13(18)16-6-10-8-19-9-17-10/h3,5,7-9H,2,4,6H2,1H3,(H,14,15)(H,16,18). The van der Waals surface area contributed by atoms with Crippen LogP contribution in [0.4, 0.5) is 5.69 Å². The van der Waals surface area contributed by atoms with Crippen molar-refractivity contribution >= 4 is 22.9 Å². The van der Waals surface area contributed by atoms with E-state index in [4.69, 9.17) is 0 Å². The number of carbonyl (C=O) groups excluding carboxylic acids is 1. The number of carbonyl (C=O) groups is 1. The number of nitrogens with one attached hydrogen (secondary N) is 2. The van der Waals surface area contributed by atoms with Gasteiger partial charge in [-0.2, -0.15) is 0 Å². The summed E-state index contributed by atoms with van der Waals surface area (Å²) in [6.07, 6.45) is 4.26. The van der Waals surface area contributed by atoms with Gasteiger partial charge < -0.3 is 10.6 Å². The van der Waals surface area contributed by atoms with Crippen molar-refractivity contribution in [3.05, 3.63) is 40.6 Å². The fraction of sp³-hybridized carbons (Fsp3) is 0.308. The molecule has 2 aromatic rings. The first kappa shape index (κ1) is 13.5. The van der Waals surface area contributed by atoms with E-state index in [-0.39, 0.29) is 5.91 Å². The van der Waals surface area contributed by atoms with Crippen molar-refractivity contribution in [2.45, 2.75) is 19.9 Å². The van der Waals surface area contributed by atoms with Crippen LogP contribution >= 0.6 is 11.3 Å². The second-order valence-electron chi connectivity index (χ2n) is 4.01. The maximum atomic E-state index is 12.1. The first-order valence-electron chi connectivity index (χ1n) is 6.14. The number of aromatic nitrogens is 2. The Labute approximate surface area is 116 Å². The molecule has 0 aromatic carbocycles. The van der Waals surface area contributed by atoms with E-state index in [1.54, 1.807) is 17.9 Å². The topological polar surface area (TPSA) is 66.9 Å². The van der Waals surface area contributed by atoms with Crippen molar-refractivity contribution in [2.24, 2.45) is 0 Å². The number of rotatable bonds is 6. The van der Waals surface area contributed by atoms with Crippen molar-refractivity contribution in [2.75, 3.05) is 11.9 Å². The molecule has 100 valence electrons. The van der Waals surface area contributed by atoms with Gasteiger partial charge in [-0.15, -0.1) is 11.3 Å². The Balaban J connectivity index is 2.01. The van der Waals surface area contributed by atoms with Crippen LogP contribution in [0.15, 0.2) is 29.4 Å². The Morgan fingerprint density at radius 3 is 3.11 bits per heavy atom. The van der Waals surface area contributed by atoms with Crippen LogP contribution in [0.25, 0.3) is 0 Å². The van der Waals surface area contributed by atoms with Crippen molar-refractivity contribution < 1.29 is 4.79 Å². The first-order valence-corrected chi connectivity index (χ1v) is 7.08. The normalized spacial score (nSPS) is 10.2. The molecule has 0 radical (unpaired) electrons. The molecule has 19 heavy (non-hydrogen) atoms. The predicted octanol–water partition coefficient (Wildman–Crippen LogP) is 2.29. The summed E-state index contributed by atoms with van der Waals surface area (Å²) >= 11 is 1.51. The van der Waals surface area contributed by atoms with Gasteiger partial charge in [0.2, 0.25) is 0 Å². The summed E-state index contributed by atoms with van der Waals surface area (Å²) < 4.78 is 0. The van der Waals surface area contributed by atoms with Gasteiger partial charge in [-0.1, -0.05) is 6.92 Å². The van der Waals surface area contributed by atoms with Gasteiger partial charge in [0.05, 0.1) is 29.0 Å². The fourth-order valence-corrected chi connectivity index (χ4v) is 2.14. The Bertz CT molecular complexity index is 527. The third-order valence-corrected chi connectivity index (χ3v) is 3.18. The maximum absolute atomic E-state index is 12.1. The van der Waals surface area contributed by atoms with E-state index >= 15 is 0 Å². The lowest BCUT2D eigenvalue weighted by atomic mass is 10.2. The average molecular weight is 276 g/mol. The summed E-state index contributed by atoms with van der Waals surface area (Å²) in [5, 5.41) is 7.98. The quantitative estimate of drug-likeness (QED) is 0.849. The van der Waals surface area contributed by atoms with Gasteiger partial charge in [-0.25, -0.2) is 4.98 Å². The van der Waals surface area contributed by atoms with Crippen molar-refractivity contribution in [1.82, 2.24) is 15.3 Å². The first-order chi connectivity index (χ1) is 9.31. The predicted molar refractivity (Wildman–Crippen MR) is 76.3 cm³/mol. The van der Waals surface area contributed by atoms with Gasteiger partial charge in [-0.3, -0.25) is 9.78 Å². The molecule has 0 saturated heterocycles. The van der Waals surface area contributed by atoms with Gasteiger partial charge in [-0.05, 0) is 12.5 Å². The van der Waals surface area contributed by atoms with Crippen molar-refractivity contribution in [3.63, 3.8) is 0 Å². The zero-order valence-corrected chi connectivity index (χ0v) is 11.5. The zero-order chi connectivity index (χ0) is 13.5. The lowest BCUT2D eigenvalue weighted by Gasteiger charge is -2.10. The van der Waals surface area contributed by atoms with Crippen LogP contribution < -0.4 is 10.6 Å². The molecule has 0 aliphatic heterocycles. The van der Waals surface area contributed by atoms with Gasteiger partial charge in [0.25, 0.3) is 5.91 Å². The van der Waals surface area contributed by atoms with Gasteiger partial charge in [0.1, 0.15) is 0 Å². The smallest absolute Gasteiger partial charge is 0.255 e. The summed E-state index contributed by atoms with van der Waals surface area (Å²) in [4.78, 5) is 20.2. The Kier molecular flexibility index (Phi) is 4.85. The average Bonchev–Trinajstić information content (AvgIpc) is 2.96. The highest BCUT2D eigenvalue weighted by molar-refractivity contribution is 7.07. The number of pyridine rings is 1. The molecule has 0 unspecified atom stereocenters. The fourth-order valence-electron chi connectivity index (χ4n) is 1.58. The van der Waals surface area contributed by atoms with Gasteiger partial charge >= 0.3 is 0 Å². The van der Waals surface area contributed by atoms with Gasteiger partial charge in [0.15, 0.2) is 0 Å². The molecule has 2 heterocycles. The zero-order valence-electron chi connectivity index (χ0n) is 10.7. The van der Waals surface area contributed by atoms with Crippen LogP contribution in [-0.2, 0) is 6.54 Å². The van der Waals surface area contributed by atoms with Crippen LogP contribution in [-0.4, -0.2) is 22.4 Å². The van der Waals surface area contributed by atoms with Crippen LogP contribution in [0.2, 0.25) is 0 Å². The van der Waals surface area contributed by atoms with E-state index in [1.807, 2.05) is 11.4 Å². The van der Waals surface area contributed by atoms with E-state index in [0.29, 0.717) is 12.1 Å². The molecule has 0 fully saturated rings. The highest BCUT2D eigenvalue weighted by atomic mass is 32.1. The van der Waals surface area contributed by atoms with Crippen molar-refractivity contribution in [1.29, 1.82) is 0 Å². The Hall–Kier alpha value is -1.95. The third-order valence-electron chi connectivity index (χ3n) is 2.54. The molecule has 1 amide bonds. The monoisotopic (exact) mass is 276 g/mol. The summed E-state index contributed by atoms with van der Waals surface area (Å²) in [6.45, 7) is 3.34. The number of amides is 1. The van der Waals surface area contributed by atoms with E-state index in [2.05, 4.69) is 27.5 Å². The lowest BCUT2D eigenvalue weighted by Crippen LogP contribution is -2.24. The number of anilines is 1. The lowest BCUT2D eigenvalue weighted by molar-refractivity contribution is 0.0951. The van der Waals surface area contributed by atoms with E-state index in [1.165, 1.54) is 11.3 Å². The minimum atomic E-state index is -0.139. The summed E-state index contributed by atoms with van der Waals surface area (Å²) in [5.74, 6) is -0.139. The van der Waals surface area contributed by atoms with Crippen molar-refractivity contribution in [3.8, 4) is 0 Å². The molecular formula is C13H16N4OS. The minimum absolute atomic E-state index is 0.139. The van der Waals surface area contributed by atoms with Crippen LogP contribution in [0.5, 0.6) is 0 Å². The molecule has 2 aromatic heterocycles. The molecule has 0 bridgehead atoms. The molecule has 0 spiro atoms. The van der Waals surface area contributed by atoms with E-state index < -0.39 is 0 Å². The molecular weight excluding hydrogens is 260 g/mol. The minimum Gasteiger partial charge on any atom is -0.384 e. The molecule has 2 N–H and O–H groups in total. The summed E-state index contributed by atoms with van der Waals surface area (Å²) in [7, 11) is 0. The Morgan fingerprint density at radius 1 is 1.47 bits per heavy atom. The maximum Gasteiger partial charge on any atom is 0.255 e. The summed E-state index contributed by atoms with van der Waals surface area (Å²) in [5.41, 5.74) is 3.99. The number of thiazole rings is 1. The third kappa shape index (κ3) is 3.75. The largest absolute Gasteiger partial charge is 0.384 e. The second-order valence-corrected chi connectivity index (χ2v) is 4.73. The molecule has 6 heteroatoms.